The van der Waals surface area contributed by atoms with Gasteiger partial charge in [-0.05, 0) is 32.4 Å². The van der Waals surface area contributed by atoms with Gasteiger partial charge in [-0.3, -0.25) is 14.6 Å². The van der Waals surface area contributed by atoms with Crippen LogP contribution in [0.1, 0.15) is 32.1 Å². The third-order valence-electron chi connectivity index (χ3n) is 4.80. The summed E-state index contributed by atoms with van der Waals surface area (Å²) in [5.41, 5.74) is 5.90. The number of likely N-dealkylation sites (tertiary alicyclic amines) is 2. The number of amides is 1. The molecule has 1 amide bonds. The van der Waals surface area contributed by atoms with Crippen LogP contribution in [0, 0.1) is 0 Å². The molecular formula is C15H30N4O. The monoisotopic (exact) mass is 282 g/mol. The van der Waals surface area contributed by atoms with Crippen LogP contribution in [0.3, 0.4) is 0 Å². The molecule has 2 unspecified atom stereocenters. The number of nitrogens with zero attached hydrogens (tertiary/aromatic N) is 3. The first kappa shape index (κ1) is 15.7. The molecular weight excluding hydrogens is 252 g/mol. The van der Waals surface area contributed by atoms with Crippen molar-refractivity contribution in [3.8, 4) is 0 Å². The zero-order valence-electron chi connectivity index (χ0n) is 13.1. The van der Waals surface area contributed by atoms with Gasteiger partial charge in [0.15, 0.2) is 0 Å². The SMILES string of the molecule is CN(C)C(=O)CC(CN)N1CCC(N2CCCCC2)C1. The van der Waals surface area contributed by atoms with Crippen molar-refractivity contribution in [3.05, 3.63) is 0 Å². The van der Waals surface area contributed by atoms with Crippen molar-refractivity contribution in [1.29, 1.82) is 0 Å². The Bertz CT molecular complexity index is 315. The highest BCUT2D eigenvalue weighted by molar-refractivity contribution is 5.76. The summed E-state index contributed by atoms with van der Waals surface area (Å²) < 4.78 is 0. The highest BCUT2D eigenvalue weighted by Crippen LogP contribution is 2.22. The molecule has 116 valence electrons. The first-order chi connectivity index (χ1) is 9.61. The van der Waals surface area contributed by atoms with Gasteiger partial charge in [-0.1, -0.05) is 6.42 Å². The largest absolute Gasteiger partial charge is 0.349 e. The normalized spacial score (nSPS) is 26.6. The molecule has 5 heteroatoms. The van der Waals surface area contributed by atoms with Gasteiger partial charge in [-0.25, -0.2) is 0 Å². The summed E-state index contributed by atoms with van der Waals surface area (Å²) in [5.74, 6) is 0.182. The first-order valence-corrected chi connectivity index (χ1v) is 8.00. The second-order valence-electron chi connectivity index (χ2n) is 6.42. The molecule has 2 heterocycles. The Kier molecular flexibility index (Phi) is 5.81. The minimum absolute atomic E-state index is 0.182. The first-order valence-electron chi connectivity index (χ1n) is 8.00. The number of rotatable bonds is 5. The molecule has 0 aromatic carbocycles. The Morgan fingerprint density at radius 3 is 2.55 bits per heavy atom. The third kappa shape index (κ3) is 3.93. The molecule has 2 rings (SSSR count). The van der Waals surface area contributed by atoms with Gasteiger partial charge < -0.3 is 10.6 Å². The van der Waals surface area contributed by atoms with Gasteiger partial charge in [0.1, 0.15) is 0 Å². The van der Waals surface area contributed by atoms with Crippen molar-refractivity contribution >= 4 is 5.91 Å². The Labute approximate surface area is 123 Å². The van der Waals surface area contributed by atoms with E-state index < -0.39 is 0 Å². The van der Waals surface area contributed by atoms with Gasteiger partial charge in [-0.15, -0.1) is 0 Å². The van der Waals surface area contributed by atoms with Crippen LogP contribution in [0.25, 0.3) is 0 Å². The summed E-state index contributed by atoms with van der Waals surface area (Å²) in [4.78, 5) is 18.6. The predicted octanol–water partition coefficient (Wildman–Crippen LogP) is 0.352. The fraction of sp³-hybridized carbons (Fsp3) is 0.933. The maximum absolute atomic E-state index is 11.9. The number of carbonyl (C=O) groups is 1. The van der Waals surface area contributed by atoms with Crippen LogP contribution in [0.2, 0.25) is 0 Å². The standard InChI is InChI=1S/C15H30N4O/c1-17(2)15(20)10-14(11-16)19-9-6-13(12-19)18-7-4-3-5-8-18/h13-14H,3-12,16H2,1-2H3. The lowest BCUT2D eigenvalue weighted by molar-refractivity contribution is -0.129. The Balaban J connectivity index is 1.84. The molecule has 0 radical (unpaired) electrons. The second kappa shape index (κ2) is 7.38. The number of piperidine rings is 1. The Hall–Kier alpha value is -0.650. The molecule has 2 fully saturated rings. The van der Waals surface area contributed by atoms with E-state index in [9.17, 15) is 4.79 Å². The third-order valence-corrected chi connectivity index (χ3v) is 4.80. The van der Waals surface area contributed by atoms with E-state index in [4.69, 9.17) is 5.73 Å². The van der Waals surface area contributed by atoms with Crippen LogP contribution in [0.4, 0.5) is 0 Å². The van der Waals surface area contributed by atoms with E-state index in [-0.39, 0.29) is 11.9 Å². The lowest BCUT2D eigenvalue weighted by Gasteiger charge is -2.33. The lowest BCUT2D eigenvalue weighted by Crippen LogP contribution is -2.45. The van der Waals surface area contributed by atoms with Gasteiger partial charge in [0.25, 0.3) is 0 Å². The van der Waals surface area contributed by atoms with E-state index >= 15 is 0 Å². The Morgan fingerprint density at radius 1 is 1.25 bits per heavy atom. The molecule has 0 spiro atoms. The molecule has 2 aliphatic heterocycles. The van der Waals surface area contributed by atoms with Crippen LogP contribution < -0.4 is 5.73 Å². The highest BCUT2D eigenvalue weighted by atomic mass is 16.2. The van der Waals surface area contributed by atoms with Crippen LogP contribution in [-0.2, 0) is 4.79 Å². The molecule has 0 aromatic rings. The van der Waals surface area contributed by atoms with Crippen LogP contribution in [0.5, 0.6) is 0 Å². The smallest absolute Gasteiger partial charge is 0.223 e. The minimum Gasteiger partial charge on any atom is -0.349 e. The molecule has 0 bridgehead atoms. The number of hydrogen-bond acceptors (Lipinski definition) is 4. The van der Waals surface area contributed by atoms with Gasteiger partial charge >= 0.3 is 0 Å². The summed E-state index contributed by atoms with van der Waals surface area (Å²) in [6.07, 6.45) is 5.85. The van der Waals surface area contributed by atoms with Crippen LogP contribution >= 0.6 is 0 Å². The minimum atomic E-state index is 0.182. The second-order valence-corrected chi connectivity index (χ2v) is 6.42. The van der Waals surface area contributed by atoms with Gasteiger partial charge in [-0.2, -0.15) is 0 Å². The topological polar surface area (TPSA) is 52.8 Å². The van der Waals surface area contributed by atoms with E-state index in [2.05, 4.69) is 9.80 Å². The average molecular weight is 282 g/mol. The molecule has 2 saturated heterocycles. The van der Waals surface area contributed by atoms with Gasteiger partial charge in [0, 0.05) is 52.2 Å². The summed E-state index contributed by atoms with van der Waals surface area (Å²) in [6.45, 7) is 5.25. The molecule has 0 saturated carbocycles. The summed E-state index contributed by atoms with van der Waals surface area (Å²) in [5, 5.41) is 0. The maximum Gasteiger partial charge on any atom is 0.223 e. The van der Waals surface area contributed by atoms with Crippen LogP contribution in [0.15, 0.2) is 0 Å². The zero-order valence-corrected chi connectivity index (χ0v) is 13.1. The molecule has 2 atom stereocenters. The van der Waals surface area contributed by atoms with E-state index in [0.29, 0.717) is 19.0 Å². The van der Waals surface area contributed by atoms with Gasteiger partial charge in [0.05, 0.1) is 0 Å². The van der Waals surface area contributed by atoms with Crippen molar-refractivity contribution in [2.24, 2.45) is 5.73 Å². The predicted molar refractivity (Wildman–Crippen MR) is 81.6 cm³/mol. The van der Waals surface area contributed by atoms with E-state index in [0.717, 1.165) is 13.1 Å². The fourth-order valence-electron chi connectivity index (χ4n) is 3.43. The number of nitrogens with two attached hydrogens (primary N) is 1. The lowest BCUT2D eigenvalue weighted by atomic mass is 10.1. The van der Waals surface area contributed by atoms with Crippen molar-refractivity contribution in [2.75, 3.05) is 46.8 Å². The molecule has 5 nitrogen and oxygen atoms in total. The van der Waals surface area contributed by atoms with E-state index in [1.165, 1.54) is 38.8 Å². The molecule has 0 aliphatic carbocycles. The van der Waals surface area contributed by atoms with E-state index in [1.807, 2.05) is 14.1 Å². The fourth-order valence-corrected chi connectivity index (χ4v) is 3.43. The number of hydrogen-bond donors (Lipinski definition) is 1. The van der Waals surface area contributed by atoms with Crippen molar-refractivity contribution in [1.82, 2.24) is 14.7 Å². The summed E-state index contributed by atoms with van der Waals surface area (Å²) in [6, 6.07) is 0.887. The summed E-state index contributed by atoms with van der Waals surface area (Å²) in [7, 11) is 3.63. The highest BCUT2D eigenvalue weighted by Gasteiger charge is 2.32. The van der Waals surface area contributed by atoms with Gasteiger partial charge in [0.2, 0.25) is 5.91 Å². The average Bonchev–Trinajstić information content (AvgIpc) is 2.95. The van der Waals surface area contributed by atoms with Crippen molar-refractivity contribution in [2.45, 2.75) is 44.2 Å². The Morgan fingerprint density at radius 2 is 1.95 bits per heavy atom. The quantitative estimate of drug-likeness (QED) is 0.791. The zero-order chi connectivity index (χ0) is 14.5. The summed E-state index contributed by atoms with van der Waals surface area (Å²) >= 11 is 0. The molecule has 2 N–H and O–H groups in total. The molecule has 0 aromatic heterocycles. The van der Waals surface area contributed by atoms with Crippen molar-refractivity contribution in [3.63, 3.8) is 0 Å². The molecule has 20 heavy (non-hydrogen) atoms. The van der Waals surface area contributed by atoms with E-state index in [1.54, 1.807) is 4.90 Å². The molecule has 2 aliphatic rings. The van der Waals surface area contributed by atoms with Crippen molar-refractivity contribution < 1.29 is 4.79 Å². The maximum atomic E-state index is 11.9. The van der Waals surface area contributed by atoms with Crippen LogP contribution in [-0.4, -0.2) is 79.5 Å². The number of carbonyl (C=O) groups excluding carboxylic acids is 1.